The molecule has 0 spiro atoms. The summed E-state index contributed by atoms with van der Waals surface area (Å²) < 4.78 is 43.9. The lowest BCUT2D eigenvalue weighted by molar-refractivity contribution is -0.137. The van der Waals surface area contributed by atoms with E-state index in [2.05, 4.69) is 25.6 Å². The van der Waals surface area contributed by atoms with Crippen LogP contribution in [-0.4, -0.2) is 41.3 Å². The number of nitrogens with zero attached hydrogens (tertiary/aromatic N) is 4. The fourth-order valence-electron chi connectivity index (χ4n) is 3.20. The summed E-state index contributed by atoms with van der Waals surface area (Å²) in [6.07, 6.45) is -4.39. The molecule has 10 heteroatoms. The van der Waals surface area contributed by atoms with Crippen LogP contribution in [-0.2, 0) is 10.9 Å². The van der Waals surface area contributed by atoms with Crippen LogP contribution in [0.4, 0.5) is 42.4 Å². The van der Waals surface area contributed by atoms with E-state index in [0.29, 0.717) is 43.9 Å². The van der Waals surface area contributed by atoms with Gasteiger partial charge in [0.1, 0.15) is 0 Å². The molecular formula is C22H23F3N6O. The Morgan fingerprint density at radius 2 is 1.41 bits per heavy atom. The molecule has 0 radical (unpaired) electrons. The molecule has 1 aliphatic heterocycles. The summed E-state index contributed by atoms with van der Waals surface area (Å²) >= 11 is 0. The monoisotopic (exact) mass is 444 g/mol. The van der Waals surface area contributed by atoms with Crippen molar-refractivity contribution >= 4 is 29.2 Å². The quantitative estimate of drug-likeness (QED) is 0.584. The number of ether oxygens (including phenoxy) is 1. The van der Waals surface area contributed by atoms with E-state index in [4.69, 9.17) is 4.74 Å². The van der Waals surface area contributed by atoms with E-state index in [1.54, 1.807) is 0 Å². The summed E-state index contributed by atoms with van der Waals surface area (Å²) in [6.45, 7) is 6.44. The van der Waals surface area contributed by atoms with E-state index in [1.165, 1.54) is 17.7 Å². The standard InChI is InChI=1S/C22H23F3N6O/c1-14-3-6-18(13-15(14)2)27-20-28-19(29-21(30-20)31-9-11-32-12-10-31)26-17-7-4-16(5-8-17)22(23,24)25/h3-8,13H,9-12H2,1-2H3,(H2,26,27,28,29,30). The SMILES string of the molecule is Cc1ccc(Nc2nc(Nc3ccc(C(F)(F)F)cc3)nc(N3CCOCC3)n2)cc1C. The molecule has 2 heterocycles. The molecule has 4 rings (SSSR count). The first-order chi connectivity index (χ1) is 15.3. The van der Waals surface area contributed by atoms with Gasteiger partial charge in [-0.15, -0.1) is 0 Å². The van der Waals surface area contributed by atoms with Gasteiger partial charge in [0, 0.05) is 24.5 Å². The van der Waals surface area contributed by atoms with E-state index in [0.717, 1.165) is 23.4 Å². The zero-order chi connectivity index (χ0) is 22.7. The third kappa shape index (κ3) is 5.25. The van der Waals surface area contributed by atoms with Crippen molar-refractivity contribution < 1.29 is 17.9 Å². The van der Waals surface area contributed by atoms with E-state index in [9.17, 15) is 13.2 Å². The lowest BCUT2D eigenvalue weighted by atomic mass is 10.1. The predicted molar refractivity (Wildman–Crippen MR) is 117 cm³/mol. The number of halogens is 3. The molecule has 2 N–H and O–H groups in total. The molecule has 3 aromatic rings. The van der Waals surface area contributed by atoms with Crippen molar-refractivity contribution in [1.29, 1.82) is 0 Å². The Labute approximate surface area is 183 Å². The van der Waals surface area contributed by atoms with E-state index >= 15 is 0 Å². The van der Waals surface area contributed by atoms with Gasteiger partial charge in [-0.2, -0.15) is 28.1 Å². The first-order valence-electron chi connectivity index (χ1n) is 10.2. The number of hydrogen-bond donors (Lipinski definition) is 2. The number of hydrogen-bond acceptors (Lipinski definition) is 7. The van der Waals surface area contributed by atoms with Gasteiger partial charge in [0.15, 0.2) is 0 Å². The van der Waals surface area contributed by atoms with Crippen LogP contribution in [0, 0.1) is 13.8 Å². The molecule has 1 fully saturated rings. The van der Waals surface area contributed by atoms with Gasteiger partial charge in [-0.1, -0.05) is 6.07 Å². The minimum Gasteiger partial charge on any atom is -0.378 e. The van der Waals surface area contributed by atoms with Gasteiger partial charge < -0.3 is 20.3 Å². The highest BCUT2D eigenvalue weighted by Crippen LogP contribution is 2.30. The lowest BCUT2D eigenvalue weighted by Crippen LogP contribution is -2.37. The molecule has 2 aromatic carbocycles. The van der Waals surface area contributed by atoms with Crippen LogP contribution in [0.1, 0.15) is 16.7 Å². The average molecular weight is 444 g/mol. The van der Waals surface area contributed by atoms with Gasteiger partial charge >= 0.3 is 6.18 Å². The zero-order valence-electron chi connectivity index (χ0n) is 17.7. The van der Waals surface area contributed by atoms with Crippen molar-refractivity contribution in [1.82, 2.24) is 15.0 Å². The number of rotatable bonds is 5. The Hall–Kier alpha value is -3.40. The molecule has 0 atom stereocenters. The molecule has 32 heavy (non-hydrogen) atoms. The third-order valence-electron chi connectivity index (χ3n) is 5.15. The molecule has 0 bridgehead atoms. The molecule has 0 unspecified atom stereocenters. The second-order valence-corrected chi connectivity index (χ2v) is 7.51. The molecule has 0 amide bonds. The van der Waals surface area contributed by atoms with Gasteiger partial charge in [0.2, 0.25) is 17.8 Å². The second kappa shape index (κ2) is 8.99. The van der Waals surface area contributed by atoms with Crippen LogP contribution in [0.15, 0.2) is 42.5 Å². The molecule has 7 nitrogen and oxygen atoms in total. The highest BCUT2D eigenvalue weighted by molar-refractivity contribution is 5.60. The molecule has 0 aliphatic carbocycles. The van der Waals surface area contributed by atoms with Crippen LogP contribution in [0.2, 0.25) is 0 Å². The third-order valence-corrected chi connectivity index (χ3v) is 5.15. The molecular weight excluding hydrogens is 421 g/mol. The van der Waals surface area contributed by atoms with Gasteiger partial charge in [0.25, 0.3) is 0 Å². The first-order valence-corrected chi connectivity index (χ1v) is 10.2. The molecule has 168 valence electrons. The van der Waals surface area contributed by atoms with E-state index in [-0.39, 0.29) is 5.95 Å². The highest BCUT2D eigenvalue weighted by Gasteiger charge is 2.30. The largest absolute Gasteiger partial charge is 0.416 e. The molecule has 1 aliphatic rings. The zero-order valence-corrected chi connectivity index (χ0v) is 17.7. The number of alkyl halides is 3. The number of nitrogens with one attached hydrogen (secondary N) is 2. The minimum atomic E-state index is -4.39. The number of morpholine rings is 1. The van der Waals surface area contributed by atoms with E-state index < -0.39 is 11.7 Å². The summed E-state index contributed by atoms with van der Waals surface area (Å²) in [6, 6.07) is 10.7. The Balaban J connectivity index is 1.62. The maximum atomic E-state index is 12.8. The number of anilines is 5. The fourth-order valence-corrected chi connectivity index (χ4v) is 3.20. The molecule has 1 aromatic heterocycles. The van der Waals surface area contributed by atoms with Crippen molar-refractivity contribution in [2.75, 3.05) is 41.8 Å². The van der Waals surface area contributed by atoms with Gasteiger partial charge in [-0.3, -0.25) is 0 Å². The van der Waals surface area contributed by atoms with Crippen molar-refractivity contribution in [3.05, 3.63) is 59.2 Å². The van der Waals surface area contributed by atoms with Crippen LogP contribution in [0.3, 0.4) is 0 Å². The smallest absolute Gasteiger partial charge is 0.378 e. The molecule has 0 saturated carbocycles. The summed E-state index contributed by atoms with van der Waals surface area (Å²) in [5.74, 6) is 1.02. The average Bonchev–Trinajstić information content (AvgIpc) is 2.76. The summed E-state index contributed by atoms with van der Waals surface area (Å²) in [7, 11) is 0. The van der Waals surface area contributed by atoms with Gasteiger partial charge in [0.05, 0.1) is 18.8 Å². The Morgan fingerprint density at radius 3 is 2.00 bits per heavy atom. The predicted octanol–water partition coefficient (Wildman–Crippen LogP) is 4.83. The van der Waals surface area contributed by atoms with Crippen molar-refractivity contribution in [3.8, 4) is 0 Å². The van der Waals surface area contributed by atoms with Gasteiger partial charge in [-0.25, -0.2) is 0 Å². The number of benzene rings is 2. The summed E-state index contributed by atoms with van der Waals surface area (Å²) in [5.41, 5.74) is 2.84. The van der Waals surface area contributed by atoms with Crippen molar-refractivity contribution in [2.45, 2.75) is 20.0 Å². The minimum absolute atomic E-state index is 0.229. The maximum absolute atomic E-state index is 12.8. The van der Waals surface area contributed by atoms with E-state index in [1.807, 2.05) is 36.9 Å². The summed E-state index contributed by atoms with van der Waals surface area (Å²) in [5, 5.41) is 6.18. The fraction of sp³-hybridized carbons (Fsp3) is 0.318. The maximum Gasteiger partial charge on any atom is 0.416 e. The lowest BCUT2D eigenvalue weighted by Gasteiger charge is -2.27. The van der Waals surface area contributed by atoms with Crippen LogP contribution in [0.5, 0.6) is 0 Å². The number of aromatic nitrogens is 3. The Morgan fingerprint density at radius 1 is 0.812 bits per heavy atom. The van der Waals surface area contributed by atoms with Crippen LogP contribution < -0.4 is 15.5 Å². The second-order valence-electron chi connectivity index (χ2n) is 7.51. The Bertz CT molecular complexity index is 1080. The topological polar surface area (TPSA) is 75.2 Å². The first kappa shape index (κ1) is 21.8. The van der Waals surface area contributed by atoms with Crippen molar-refractivity contribution in [3.63, 3.8) is 0 Å². The van der Waals surface area contributed by atoms with Crippen molar-refractivity contribution in [2.24, 2.45) is 0 Å². The van der Waals surface area contributed by atoms with Gasteiger partial charge in [-0.05, 0) is 61.4 Å². The number of aryl methyl sites for hydroxylation is 2. The van der Waals surface area contributed by atoms with Crippen LogP contribution in [0.25, 0.3) is 0 Å². The Kier molecular flexibility index (Phi) is 6.13. The summed E-state index contributed by atoms with van der Waals surface area (Å²) in [4.78, 5) is 15.4. The molecule has 1 saturated heterocycles. The van der Waals surface area contributed by atoms with Crippen LogP contribution >= 0.6 is 0 Å². The highest BCUT2D eigenvalue weighted by atomic mass is 19.4. The normalized spacial score (nSPS) is 14.3.